The zero-order valence-corrected chi connectivity index (χ0v) is 10.6. The SMILES string of the molecule is NNc1cc(C2CC2)nc(-c2ccc(Br)o2)n1. The Morgan fingerprint density at radius 1 is 1.35 bits per heavy atom. The molecule has 0 bridgehead atoms. The van der Waals surface area contributed by atoms with Crippen LogP contribution in [0, 0.1) is 0 Å². The van der Waals surface area contributed by atoms with Gasteiger partial charge in [-0.3, -0.25) is 0 Å². The van der Waals surface area contributed by atoms with E-state index in [1.165, 1.54) is 12.8 Å². The summed E-state index contributed by atoms with van der Waals surface area (Å²) < 4.78 is 6.11. The van der Waals surface area contributed by atoms with Crippen molar-refractivity contribution in [2.75, 3.05) is 5.43 Å². The molecule has 5 nitrogen and oxygen atoms in total. The van der Waals surface area contributed by atoms with Crippen LogP contribution in [0.15, 0.2) is 27.3 Å². The number of aromatic nitrogens is 2. The minimum Gasteiger partial charge on any atom is -0.446 e. The van der Waals surface area contributed by atoms with Gasteiger partial charge in [0.15, 0.2) is 16.3 Å². The molecule has 0 aromatic carbocycles. The van der Waals surface area contributed by atoms with Crippen molar-refractivity contribution in [3.05, 3.63) is 28.6 Å². The number of hydrogen-bond donors (Lipinski definition) is 2. The molecule has 6 heteroatoms. The van der Waals surface area contributed by atoms with Crippen LogP contribution >= 0.6 is 15.9 Å². The first-order chi connectivity index (χ1) is 8.26. The Morgan fingerprint density at radius 2 is 2.18 bits per heavy atom. The van der Waals surface area contributed by atoms with Gasteiger partial charge in [-0.25, -0.2) is 15.8 Å². The largest absolute Gasteiger partial charge is 0.446 e. The van der Waals surface area contributed by atoms with Gasteiger partial charge in [-0.2, -0.15) is 0 Å². The number of hydrazine groups is 1. The molecule has 0 saturated heterocycles. The van der Waals surface area contributed by atoms with E-state index in [0.29, 0.717) is 28.0 Å². The minimum absolute atomic E-state index is 0.544. The van der Waals surface area contributed by atoms with Crippen LogP contribution in [0.25, 0.3) is 11.6 Å². The fraction of sp³-hybridized carbons (Fsp3) is 0.273. The third kappa shape index (κ3) is 2.18. The van der Waals surface area contributed by atoms with Crippen molar-refractivity contribution in [1.82, 2.24) is 9.97 Å². The van der Waals surface area contributed by atoms with Gasteiger partial charge >= 0.3 is 0 Å². The first-order valence-electron chi connectivity index (χ1n) is 5.37. The van der Waals surface area contributed by atoms with Gasteiger partial charge in [-0.15, -0.1) is 0 Å². The lowest BCUT2D eigenvalue weighted by Gasteiger charge is -2.05. The van der Waals surface area contributed by atoms with E-state index in [9.17, 15) is 0 Å². The molecular formula is C11H11BrN4O. The molecule has 88 valence electrons. The van der Waals surface area contributed by atoms with Gasteiger partial charge in [-0.05, 0) is 40.9 Å². The predicted molar refractivity (Wildman–Crippen MR) is 67.2 cm³/mol. The topological polar surface area (TPSA) is 77.0 Å². The highest BCUT2D eigenvalue weighted by atomic mass is 79.9. The number of nitrogen functional groups attached to an aromatic ring is 1. The van der Waals surface area contributed by atoms with Crippen molar-refractivity contribution >= 4 is 21.7 Å². The second kappa shape index (κ2) is 4.12. The normalized spacial score (nSPS) is 14.9. The summed E-state index contributed by atoms with van der Waals surface area (Å²) in [6, 6.07) is 5.54. The molecule has 1 aliphatic rings. The summed E-state index contributed by atoms with van der Waals surface area (Å²) in [5, 5.41) is 0. The Balaban J connectivity index is 2.05. The maximum absolute atomic E-state index is 5.45. The van der Waals surface area contributed by atoms with Gasteiger partial charge in [0.1, 0.15) is 5.82 Å². The summed E-state index contributed by atoms with van der Waals surface area (Å²) in [5.41, 5.74) is 3.59. The number of rotatable bonds is 3. The first kappa shape index (κ1) is 10.7. The van der Waals surface area contributed by atoms with E-state index < -0.39 is 0 Å². The predicted octanol–water partition coefficient (Wildman–Crippen LogP) is 2.66. The maximum atomic E-state index is 5.45. The van der Waals surface area contributed by atoms with Crippen molar-refractivity contribution in [2.24, 2.45) is 5.84 Å². The highest BCUT2D eigenvalue weighted by molar-refractivity contribution is 9.10. The van der Waals surface area contributed by atoms with Crippen LogP contribution in [0.5, 0.6) is 0 Å². The molecule has 0 aliphatic heterocycles. The highest BCUT2D eigenvalue weighted by Crippen LogP contribution is 2.40. The number of halogens is 1. The van der Waals surface area contributed by atoms with Crippen LogP contribution in [-0.2, 0) is 0 Å². The number of nitrogens with two attached hydrogens (primary N) is 1. The Kier molecular flexibility index (Phi) is 2.60. The fourth-order valence-corrected chi connectivity index (χ4v) is 1.98. The summed E-state index contributed by atoms with van der Waals surface area (Å²) in [7, 11) is 0. The van der Waals surface area contributed by atoms with Gasteiger partial charge < -0.3 is 9.84 Å². The van der Waals surface area contributed by atoms with E-state index in [0.717, 1.165) is 5.69 Å². The average Bonchev–Trinajstić information content (AvgIpc) is 3.11. The highest BCUT2D eigenvalue weighted by Gasteiger charge is 2.26. The zero-order valence-electron chi connectivity index (χ0n) is 8.98. The van der Waals surface area contributed by atoms with Crippen molar-refractivity contribution < 1.29 is 4.42 Å². The van der Waals surface area contributed by atoms with Gasteiger partial charge in [0, 0.05) is 17.7 Å². The van der Waals surface area contributed by atoms with Crippen LogP contribution in [0.2, 0.25) is 0 Å². The van der Waals surface area contributed by atoms with Crippen LogP contribution in [0.1, 0.15) is 24.5 Å². The van der Waals surface area contributed by atoms with Gasteiger partial charge in [-0.1, -0.05) is 0 Å². The third-order valence-electron chi connectivity index (χ3n) is 2.68. The number of nitrogens with one attached hydrogen (secondary N) is 1. The van der Waals surface area contributed by atoms with E-state index in [2.05, 4.69) is 31.3 Å². The molecule has 3 rings (SSSR count). The van der Waals surface area contributed by atoms with Gasteiger partial charge in [0.25, 0.3) is 0 Å². The molecule has 0 amide bonds. The minimum atomic E-state index is 0.544. The van der Waals surface area contributed by atoms with E-state index in [4.69, 9.17) is 10.3 Å². The Labute approximate surface area is 107 Å². The molecule has 17 heavy (non-hydrogen) atoms. The molecule has 2 aromatic rings. The van der Waals surface area contributed by atoms with Crippen molar-refractivity contribution in [1.29, 1.82) is 0 Å². The number of anilines is 1. The molecule has 0 radical (unpaired) electrons. The van der Waals surface area contributed by atoms with Crippen molar-refractivity contribution in [2.45, 2.75) is 18.8 Å². The molecule has 1 fully saturated rings. The smallest absolute Gasteiger partial charge is 0.197 e. The Morgan fingerprint density at radius 3 is 2.76 bits per heavy atom. The number of hydrogen-bond acceptors (Lipinski definition) is 5. The van der Waals surface area contributed by atoms with Gasteiger partial charge in [0.05, 0.1) is 0 Å². The Hall–Kier alpha value is -1.40. The summed E-state index contributed by atoms with van der Waals surface area (Å²) in [5.74, 6) is 7.77. The van der Waals surface area contributed by atoms with E-state index in [-0.39, 0.29) is 0 Å². The number of nitrogens with zero attached hydrogens (tertiary/aromatic N) is 2. The van der Waals surface area contributed by atoms with Crippen molar-refractivity contribution in [3.8, 4) is 11.6 Å². The molecular weight excluding hydrogens is 284 g/mol. The Bertz CT molecular complexity index is 550. The zero-order chi connectivity index (χ0) is 11.8. The lowest BCUT2D eigenvalue weighted by atomic mass is 10.2. The van der Waals surface area contributed by atoms with Crippen LogP contribution in [-0.4, -0.2) is 9.97 Å². The lowest BCUT2D eigenvalue weighted by Crippen LogP contribution is -2.10. The molecule has 2 heterocycles. The molecule has 2 aromatic heterocycles. The van der Waals surface area contributed by atoms with E-state index in [1.54, 1.807) is 0 Å². The van der Waals surface area contributed by atoms with Crippen molar-refractivity contribution in [3.63, 3.8) is 0 Å². The van der Waals surface area contributed by atoms with Gasteiger partial charge in [0.2, 0.25) is 0 Å². The molecule has 1 aliphatic carbocycles. The number of furan rings is 1. The first-order valence-corrected chi connectivity index (χ1v) is 6.17. The van der Waals surface area contributed by atoms with Crippen LogP contribution in [0.4, 0.5) is 5.82 Å². The van der Waals surface area contributed by atoms with Crippen LogP contribution in [0.3, 0.4) is 0 Å². The molecule has 3 N–H and O–H groups in total. The molecule has 1 saturated carbocycles. The molecule has 0 spiro atoms. The monoisotopic (exact) mass is 294 g/mol. The second-order valence-corrected chi connectivity index (χ2v) is 4.81. The summed E-state index contributed by atoms with van der Waals surface area (Å²) in [4.78, 5) is 8.79. The quantitative estimate of drug-likeness (QED) is 0.672. The standard InChI is InChI=1S/C11H11BrN4O/c12-9-4-3-8(17-9)11-14-7(6-1-2-6)5-10(15-11)16-13/h3-6H,1-2,13H2,(H,14,15,16). The van der Waals surface area contributed by atoms with E-state index >= 15 is 0 Å². The maximum Gasteiger partial charge on any atom is 0.197 e. The summed E-state index contributed by atoms with van der Waals surface area (Å²) in [6.07, 6.45) is 2.37. The fourth-order valence-electron chi connectivity index (χ4n) is 1.67. The lowest BCUT2D eigenvalue weighted by molar-refractivity contribution is 0.551. The molecule has 0 unspecified atom stereocenters. The second-order valence-electron chi connectivity index (χ2n) is 4.02. The average molecular weight is 295 g/mol. The third-order valence-corrected chi connectivity index (χ3v) is 3.11. The summed E-state index contributed by atoms with van der Waals surface area (Å²) in [6.45, 7) is 0. The van der Waals surface area contributed by atoms with E-state index in [1.807, 2.05) is 18.2 Å². The van der Waals surface area contributed by atoms with Crippen LogP contribution < -0.4 is 11.3 Å². The molecule has 0 atom stereocenters. The summed E-state index contributed by atoms with van der Waals surface area (Å²) >= 11 is 3.26.